The first-order chi connectivity index (χ1) is 13.0. The van der Waals surface area contributed by atoms with Crippen molar-refractivity contribution in [3.8, 4) is 0 Å². The number of carbonyl (C=O) groups is 1. The second-order valence-corrected chi connectivity index (χ2v) is 10.8. The summed E-state index contributed by atoms with van der Waals surface area (Å²) in [5.74, 6) is -0.210. The highest BCUT2D eigenvalue weighted by atomic mass is 32.2. The zero-order valence-electron chi connectivity index (χ0n) is 16.1. The Morgan fingerprint density at radius 3 is 2.46 bits per heavy atom. The molecule has 1 aromatic rings. The summed E-state index contributed by atoms with van der Waals surface area (Å²) in [5, 5.41) is 3.62. The standard InChI is InChI=1S/C18H27N3O5S2/c1-4-27(23,24)19-12-16-9-10-21(13-16)28(25,26)17-7-5-15(6-8-17)11-18(22)20-14(2)3/h4-8,14,16,19H,1,9-13H2,2-3H3,(H,20,22). The van der Waals surface area contributed by atoms with Crippen molar-refractivity contribution in [1.82, 2.24) is 14.3 Å². The Balaban J connectivity index is 1.99. The van der Waals surface area contributed by atoms with E-state index in [0.29, 0.717) is 13.0 Å². The fourth-order valence-electron chi connectivity index (χ4n) is 2.96. The van der Waals surface area contributed by atoms with Gasteiger partial charge in [0.25, 0.3) is 0 Å². The van der Waals surface area contributed by atoms with E-state index in [0.717, 1.165) is 11.0 Å². The molecule has 28 heavy (non-hydrogen) atoms. The monoisotopic (exact) mass is 429 g/mol. The van der Waals surface area contributed by atoms with E-state index in [4.69, 9.17) is 0 Å². The molecule has 10 heteroatoms. The topological polar surface area (TPSA) is 113 Å². The minimum absolute atomic E-state index is 0.0474. The van der Waals surface area contributed by atoms with Crippen LogP contribution < -0.4 is 10.0 Å². The van der Waals surface area contributed by atoms with E-state index in [-0.39, 0.29) is 42.3 Å². The summed E-state index contributed by atoms with van der Waals surface area (Å²) in [6.45, 7) is 7.73. The summed E-state index contributed by atoms with van der Waals surface area (Å²) in [7, 11) is -7.18. The van der Waals surface area contributed by atoms with Crippen molar-refractivity contribution in [2.45, 2.75) is 37.6 Å². The third kappa shape index (κ3) is 6.13. The molecule has 1 atom stereocenters. The quantitative estimate of drug-likeness (QED) is 0.604. The van der Waals surface area contributed by atoms with Gasteiger partial charge in [-0.15, -0.1) is 0 Å². The van der Waals surface area contributed by atoms with E-state index in [1.165, 1.54) is 16.4 Å². The van der Waals surface area contributed by atoms with E-state index in [2.05, 4.69) is 16.6 Å². The second kappa shape index (κ2) is 9.17. The number of rotatable bonds is 9. The van der Waals surface area contributed by atoms with Crippen LogP contribution in [0.1, 0.15) is 25.8 Å². The van der Waals surface area contributed by atoms with Crippen molar-refractivity contribution in [3.63, 3.8) is 0 Å². The van der Waals surface area contributed by atoms with Crippen molar-refractivity contribution in [2.75, 3.05) is 19.6 Å². The molecule has 1 aliphatic rings. The Hall–Kier alpha value is -1.75. The molecule has 2 rings (SSSR count). The van der Waals surface area contributed by atoms with Crippen LogP contribution >= 0.6 is 0 Å². The van der Waals surface area contributed by atoms with Gasteiger partial charge in [-0.2, -0.15) is 4.31 Å². The molecule has 1 aromatic carbocycles. The van der Waals surface area contributed by atoms with Gasteiger partial charge in [0.1, 0.15) is 0 Å². The van der Waals surface area contributed by atoms with Crippen LogP contribution in [-0.4, -0.2) is 52.7 Å². The molecule has 0 spiro atoms. The third-order valence-electron chi connectivity index (χ3n) is 4.42. The zero-order valence-corrected chi connectivity index (χ0v) is 17.7. The van der Waals surface area contributed by atoms with Crippen molar-refractivity contribution in [3.05, 3.63) is 41.8 Å². The van der Waals surface area contributed by atoms with Crippen molar-refractivity contribution < 1.29 is 21.6 Å². The molecule has 1 fully saturated rings. The second-order valence-electron chi connectivity index (χ2n) is 7.12. The highest BCUT2D eigenvalue weighted by Crippen LogP contribution is 2.24. The zero-order chi connectivity index (χ0) is 20.9. The minimum Gasteiger partial charge on any atom is -0.354 e. The SMILES string of the molecule is C=CS(=O)(=O)NCC1CCN(S(=O)(=O)c2ccc(CC(=O)NC(C)C)cc2)C1. The predicted molar refractivity (Wildman–Crippen MR) is 107 cm³/mol. The number of nitrogens with one attached hydrogen (secondary N) is 2. The largest absolute Gasteiger partial charge is 0.354 e. The van der Waals surface area contributed by atoms with Gasteiger partial charge < -0.3 is 5.32 Å². The molecule has 1 saturated heterocycles. The first-order valence-electron chi connectivity index (χ1n) is 9.04. The molecule has 0 aliphatic carbocycles. The lowest BCUT2D eigenvalue weighted by Crippen LogP contribution is -2.32. The summed E-state index contributed by atoms with van der Waals surface area (Å²) in [6, 6.07) is 6.32. The van der Waals surface area contributed by atoms with Crippen LogP contribution in [0.3, 0.4) is 0 Å². The Bertz CT molecular complexity index is 909. The lowest BCUT2D eigenvalue weighted by atomic mass is 10.1. The van der Waals surface area contributed by atoms with Crippen molar-refractivity contribution in [2.24, 2.45) is 5.92 Å². The van der Waals surface area contributed by atoms with Crippen molar-refractivity contribution in [1.29, 1.82) is 0 Å². The third-order valence-corrected chi connectivity index (χ3v) is 7.30. The van der Waals surface area contributed by atoms with Crippen LogP contribution in [0.25, 0.3) is 0 Å². The molecule has 1 unspecified atom stereocenters. The Morgan fingerprint density at radius 2 is 1.89 bits per heavy atom. The molecule has 0 bridgehead atoms. The number of nitrogens with zero attached hydrogens (tertiary/aromatic N) is 1. The fraction of sp³-hybridized carbons (Fsp3) is 0.500. The molecule has 156 valence electrons. The molecule has 0 radical (unpaired) electrons. The molecular formula is C18H27N3O5S2. The van der Waals surface area contributed by atoms with Gasteiger partial charge in [0.05, 0.1) is 11.3 Å². The molecule has 2 N–H and O–H groups in total. The summed E-state index contributed by atoms with van der Waals surface area (Å²) in [6.07, 6.45) is 0.764. The first-order valence-corrected chi connectivity index (χ1v) is 12.0. The maximum Gasteiger partial charge on any atom is 0.243 e. The van der Waals surface area contributed by atoms with Gasteiger partial charge in [0.2, 0.25) is 26.0 Å². The molecule has 8 nitrogen and oxygen atoms in total. The fourth-order valence-corrected chi connectivity index (χ4v) is 5.08. The summed E-state index contributed by atoms with van der Waals surface area (Å²) in [5.41, 5.74) is 0.732. The van der Waals surface area contributed by atoms with E-state index >= 15 is 0 Å². The lowest BCUT2D eigenvalue weighted by Gasteiger charge is -2.17. The van der Waals surface area contributed by atoms with Gasteiger partial charge >= 0.3 is 0 Å². The number of sulfonamides is 2. The normalized spacial score (nSPS) is 18.3. The van der Waals surface area contributed by atoms with Crippen LogP contribution in [0.2, 0.25) is 0 Å². The molecule has 1 heterocycles. The lowest BCUT2D eigenvalue weighted by molar-refractivity contribution is -0.120. The van der Waals surface area contributed by atoms with Crippen LogP contribution in [0.15, 0.2) is 41.1 Å². The van der Waals surface area contributed by atoms with Gasteiger partial charge in [0, 0.05) is 31.1 Å². The first kappa shape index (κ1) is 22.5. The predicted octanol–water partition coefficient (Wildman–Crippen LogP) is 0.827. The van der Waals surface area contributed by atoms with Gasteiger partial charge in [-0.3, -0.25) is 4.79 Å². The summed E-state index contributed by atoms with van der Waals surface area (Å²) in [4.78, 5) is 12.0. The van der Waals surface area contributed by atoms with Crippen LogP contribution in [0.4, 0.5) is 0 Å². The molecule has 0 saturated carbocycles. The summed E-state index contributed by atoms with van der Waals surface area (Å²) >= 11 is 0. The van der Waals surface area contributed by atoms with E-state index in [1.807, 2.05) is 13.8 Å². The van der Waals surface area contributed by atoms with E-state index in [1.54, 1.807) is 12.1 Å². The maximum absolute atomic E-state index is 12.8. The smallest absolute Gasteiger partial charge is 0.243 e. The molecular weight excluding hydrogens is 402 g/mol. The average molecular weight is 430 g/mol. The van der Waals surface area contributed by atoms with Gasteiger partial charge in [-0.1, -0.05) is 18.7 Å². The Morgan fingerprint density at radius 1 is 1.25 bits per heavy atom. The van der Waals surface area contributed by atoms with E-state index in [9.17, 15) is 21.6 Å². The highest BCUT2D eigenvalue weighted by Gasteiger charge is 2.32. The van der Waals surface area contributed by atoms with Crippen LogP contribution in [-0.2, 0) is 31.3 Å². The molecule has 0 aromatic heterocycles. The van der Waals surface area contributed by atoms with Gasteiger partial charge in [-0.25, -0.2) is 21.6 Å². The van der Waals surface area contributed by atoms with Crippen LogP contribution in [0.5, 0.6) is 0 Å². The van der Waals surface area contributed by atoms with Gasteiger partial charge in [-0.05, 0) is 43.9 Å². The van der Waals surface area contributed by atoms with E-state index < -0.39 is 20.0 Å². The molecule has 1 amide bonds. The number of hydrogen-bond acceptors (Lipinski definition) is 5. The number of benzene rings is 1. The summed E-state index contributed by atoms with van der Waals surface area (Å²) < 4.78 is 52.2. The number of hydrogen-bond donors (Lipinski definition) is 2. The Kier molecular flexibility index (Phi) is 7.38. The highest BCUT2D eigenvalue weighted by molar-refractivity contribution is 7.92. The molecule has 1 aliphatic heterocycles. The maximum atomic E-state index is 12.8. The van der Waals surface area contributed by atoms with Gasteiger partial charge in [0.15, 0.2) is 0 Å². The van der Waals surface area contributed by atoms with Crippen molar-refractivity contribution >= 4 is 26.0 Å². The number of amides is 1. The number of carbonyl (C=O) groups excluding carboxylic acids is 1. The Labute approximate surface area is 167 Å². The van der Waals surface area contributed by atoms with Crippen LogP contribution in [0, 0.1) is 5.92 Å². The average Bonchev–Trinajstić information content (AvgIpc) is 3.10. The minimum atomic E-state index is -3.66.